The van der Waals surface area contributed by atoms with Gasteiger partial charge in [0.25, 0.3) is 5.91 Å². The number of nitrogens with one attached hydrogen (secondary N) is 1. The van der Waals surface area contributed by atoms with Crippen LogP contribution in [0.5, 0.6) is 0 Å². The zero-order valence-corrected chi connectivity index (χ0v) is 8.09. The monoisotopic (exact) mass is 214 g/mol. The highest BCUT2D eigenvalue weighted by molar-refractivity contribution is 5.94. The standard InChI is InChI=1S/C10H12F2N2O/c11-8-4-1-3-7(9(8)12)10(15)14-6-2-5-13/h1,3-4H,2,5-6,13H2,(H,14,15). The summed E-state index contributed by atoms with van der Waals surface area (Å²) in [4.78, 5) is 11.3. The second kappa shape index (κ2) is 5.41. The molecule has 0 heterocycles. The summed E-state index contributed by atoms with van der Waals surface area (Å²) in [5.74, 6) is -2.77. The highest BCUT2D eigenvalue weighted by atomic mass is 19.2. The molecule has 0 saturated carbocycles. The summed E-state index contributed by atoms with van der Waals surface area (Å²) in [6.45, 7) is 0.789. The molecule has 3 N–H and O–H groups in total. The molecule has 0 aliphatic rings. The van der Waals surface area contributed by atoms with E-state index in [1.54, 1.807) is 0 Å². The van der Waals surface area contributed by atoms with Gasteiger partial charge in [-0.05, 0) is 25.1 Å². The Bertz CT molecular complexity index is 355. The fraction of sp³-hybridized carbons (Fsp3) is 0.300. The van der Waals surface area contributed by atoms with Crippen LogP contribution in [0.25, 0.3) is 0 Å². The summed E-state index contributed by atoms with van der Waals surface area (Å²) in [6.07, 6.45) is 0.600. The van der Waals surface area contributed by atoms with Gasteiger partial charge in [-0.2, -0.15) is 0 Å². The van der Waals surface area contributed by atoms with Gasteiger partial charge < -0.3 is 11.1 Å². The number of carbonyl (C=O) groups excluding carboxylic acids is 1. The summed E-state index contributed by atoms with van der Waals surface area (Å²) >= 11 is 0. The van der Waals surface area contributed by atoms with E-state index in [2.05, 4.69) is 5.32 Å². The fourth-order valence-electron chi connectivity index (χ4n) is 1.08. The highest BCUT2D eigenvalue weighted by Crippen LogP contribution is 2.10. The van der Waals surface area contributed by atoms with Gasteiger partial charge in [0.05, 0.1) is 5.56 Å². The minimum atomic E-state index is -1.12. The third-order valence-corrected chi connectivity index (χ3v) is 1.86. The number of hydrogen-bond donors (Lipinski definition) is 2. The Morgan fingerprint density at radius 2 is 2.13 bits per heavy atom. The van der Waals surface area contributed by atoms with E-state index in [1.807, 2.05) is 0 Å². The Morgan fingerprint density at radius 3 is 2.80 bits per heavy atom. The van der Waals surface area contributed by atoms with E-state index >= 15 is 0 Å². The Morgan fingerprint density at radius 1 is 1.40 bits per heavy atom. The van der Waals surface area contributed by atoms with Crippen molar-refractivity contribution in [3.8, 4) is 0 Å². The topological polar surface area (TPSA) is 55.1 Å². The molecule has 1 aromatic carbocycles. The van der Waals surface area contributed by atoms with Crippen LogP contribution in [0.2, 0.25) is 0 Å². The van der Waals surface area contributed by atoms with Crippen LogP contribution >= 0.6 is 0 Å². The lowest BCUT2D eigenvalue weighted by Gasteiger charge is -2.05. The van der Waals surface area contributed by atoms with Crippen molar-refractivity contribution in [3.05, 3.63) is 35.4 Å². The minimum Gasteiger partial charge on any atom is -0.352 e. The lowest BCUT2D eigenvalue weighted by molar-refractivity contribution is 0.0948. The SMILES string of the molecule is NCCCNC(=O)c1cccc(F)c1F. The molecule has 82 valence electrons. The van der Waals surface area contributed by atoms with Crippen molar-refractivity contribution in [1.82, 2.24) is 5.32 Å². The van der Waals surface area contributed by atoms with Crippen LogP contribution in [-0.2, 0) is 0 Å². The van der Waals surface area contributed by atoms with Crippen molar-refractivity contribution in [2.45, 2.75) is 6.42 Å². The average molecular weight is 214 g/mol. The van der Waals surface area contributed by atoms with Gasteiger partial charge >= 0.3 is 0 Å². The third kappa shape index (κ3) is 2.99. The van der Waals surface area contributed by atoms with Crippen molar-refractivity contribution >= 4 is 5.91 Å². The Balaban J connectivity index is 2.69. The molecular weight excluding hydrogens is 202 g/mol. The molecule has 0 aromatic heterocycles. The second-order valence-electron chi connectivity index (χ2n) is 3.00. The molecule has 1 aromatic rings. The van der Waals surface area contributed by atoms with E-state index in [4.69, 9.17) is 5.73 Å². The van der Waals surface area contributed by atoms with Crippen molar-refractivity contribution in [1.29, 1.82) is 0 Å². The summed E-state index contributed by atoms with van der Waals surface area (Å²) in [6, 6.07) is 3.48. The van der Waals surface area contributed by atoms with E-state index in [0.29, 0.717) is 19.5 Å². The maximum absolute atomic E-state index is 13.1. The number of amides is 1. The van der Waals surface area contributed by atoms with E-state index in [9.17, 15) is 13.6 Å². The van der Waals surface area contributed by atoms with Crippen LogP contribution in [0, 0.1) is 11.6 Å². The fourth-order valence-corrected chi connectivity index (χ4v) is 1.08. The normalized spacial score (nSPS) is 10.1. The quantitative estimate of drug-likeness (QED) is 0.736. The minimum absolute atomic E-state index is 0.285. The van der Waals surface area contributed by atoms with E-state index < -0.39 is 17.5 Å². The molecule has 1 amide bonds. The largest absolute Gasteiger partial charge is 0.352 e. The van der Waals surface area contributed by atoms with Gasteiger partial charge in [0.15, 0.2) is 11.6 Å². The van der Waals surface area contributed by atoms with Gasteiger partial charge in [0.1, 0.15) is 0 Å². The number of rotatable bonds is 4. The summed E-state index contributed by atoms with van der Waals surface area (Å²) in [5.41, 5.74) is 4.94. The van der Waals surface area contributed by atoms with Crippen molar-refractivity contribution in [2.75, 3.05) is 13.1 Å². The highest BCUT2D eigenvalue weighted by Gasteiger charge is 2.13. The molecule has 0 aliphatic carbocycles. The smallest absolute Gasteiger partial charge is 0.254 e. The molecule has 0 aliphatic heterocycles. The lowest BCUT2D eigenvalue weighted by atomic mass is 10.2. The summed E-state index contributed by atoms with van der Waals surface area (Å²) in [5, 5.41) is 2.44. The molecule has 0 radical (unpaired) electrons. The first kappa shape index (κ1) is 11.6. The zero-order chi connectivity index (χ0) is 11.3. The van der Waals surface area contributed by atoms with Crippen LogP contribution in [0.3, 0.4) is 0 Å². The number of hydrogen-bond acceptors (Lipinski definition) is 2. The van der Waals surface area contributed by atoms with Gasteiger partial charge in [0.2, 0.25) is 0 Å². The number of carbonyl (C=O) groups is 1. The second-order valence-corrected chi connectivity index (χ2v) is 3.00. The predicted molar refractivity (Wildman–Crippen MR) is 52.4 cm³/mol. The molecule has 5 heteroatoms. The molecule has 0 spiro atoms. The molecule has 0 saturated heterocycles. The average Bonchev–Trinajstić information content (AvgIpc) is 2.22. The van der Waals surface area contributed by atoms with Crippen LogP contribution < -0.4 is 11.1 Å². The third-order valence-electron chi connectivity index (χ3n) is 1.86. The maximum atomic E-state index is 13.1. The molecule has 0 unspecified atom stereocenters. The lowest BCUT2D eigenvalue weighted by Crippen LogP contribution is -2.27. The molecular formula is C10H12F2N2O. The van der Waals surface area contributed by atoms with Crippen LogP contribution in [0.15, 0.2) is 18.2 Å². The van der Waals surface area contributed by atoms with E-state index in [0.717, 1.165) is 6.07 Å². The van der Waals surface area contributed by atoms with Gasteiger partial charge in [-0.3, -0.25) is 4.79 Å². The van der Waals surface area contributed by atoms with Gasteiger partial charge in [-0.15, -0.1) is 0 Å². The van der Waals surface area contributed by atoms with Crippen molar-refractivity contribution < 1.29 is 13.6 Å². The van der Waals surface area contributed by atoms with Gasteiger partial charge in [-0.25, -0.2) is 8.78 Å². The molecule has 0 bridgehead atoms. The first-order valence-electron chi connectivity index (χ1n) is 4.59. The van der Waals surface area contributed by atoms with E-state index in [1.165, 1.54) is 12.1 Å². The maximum Gasteiger partial charge on any atom is 0.254 e. The summed E-state index contributed by atoms with van der Waals surface area (Å²) in [7, 11) is 0. The molecule has 0 fully saturated rings. The number of nitrogens with two attached hydrogens (primary N) is 1. The van der Waals surface area contributed by atoms with E-state index in [-0.39, 0.29) is 5.56 Å². The van der Waals surface area contributed by atoms with Crippen LogP contribution in [-0.4, -0.2) is 19.0 Å². The first-order chi connectivity index (χ1) is 7.16. The zero-order valence-electron chi connectivity index (χ0n) is 8.09. The van der Waals surface area contributed by atoms with Crippen molar-refractivity contribution in [2.24, 2.45) is 5.73 Å². The number of halogens is 2. The van der Waals surface area contributed by atoms with Crippen LogP contribution in [0.4, 0.5) is 8.78 Å². The molecule has 15 heavy (non-hydrogen) atoms. The molecule has 0 atom stereocenters. The van der Waals surface area contributed by atoms with Gasteiger partial charge in [-0.1, -0.05) is 6.07 Å². The van der Waals surface area contributed by atoms with Crippen LogP contribution in [0.1, 0.15) is 16.8 Å². The Labute approximate surface area is 86.3 Å². The Kier molecular flexibility index (Phi) is 4.17. The van der Waals surface area contributed by atoms with Gasteiger partial charge in [0, 0.05) is 6.54 Å². The first-order valence-corrected chi connectivity index (χ1v) is 4.59. The molecule has 1 rings (SSSR count). The Hall–Kier alpha value is -1.49. The summed E-state index contributed by atoms with van der Waals surface area (Å²) < 4.78 is 25.9. The predicted octanol–water partition coefficient (Wildman–Crippen LogP) is 1.04. The van der Waals surface area contributed by atoms with Crippen molar-refractivity contribution in [3.63, 3.8) is 0 Å². The molecule has 3 nitrogen and oxygen atoms in total. The number of benzene rings is 1.